The number of hydrogen-bond donors (Lipinski definition) is 2. The maximum Gasteiger partial charge on any atom is 0.253 e. The highest BCUT2D eigenvalue weighted by atomic mass is 79.9. The Kier molecular flexibility index (Phi) is 3.84. The second kappa shape index (κ2) is 5.40. The Morgan fingerprint density at radius 2 is 2.21 bits per heavy atom. The molecule has 1 aliphatic rings. The van der Waals surface area contributed by atoms with Gasteiger partial charge in [-0.05, 0) is 18.2 Å². The van der Waals surface area contributed by atoms with E-state index in [1.807, 2.05) is 6.07 Å². The molecule has 0 aliphatic carbocycles. The van der Waals surface area contributed by atoms with Gasteiger partial charge < -0.3 is 5.32 Å². The molecule has 1 heterocycles. The zero-order valence-electron chi connectivity index (χ0n) is 10.1. The van der Waals surface area contributed by atoms with E-state index in [9.17, 15) is 14.4 Å². The molecule has 2 rings (SSSR count). The number of carbonyl (C=O) groups excluding carboxylic acids is 3. The first-order valence-electron chi connectivity index (χ1n) is 5.61. The van der Waals surface area contributed by atoms with Crippen molar-refractivity contribution < 1.29 is 14.4 Å². The summed E-state index contributed by atoms with van der Waals surface area (Å²) in [5, 5.41) is 3.74. The van der Waals surface area contributed by atoms with Crippen LogP contribution >= 0.6 is 15.9 Å². The molecular formula is C12H12BrN3O3. The first-order chi connectivity index (χ1) is 8.97. The molecule has 1 saturated heterocycles. The fraction of sp³-hybridized carbons (Fsp3) is 0.250. The van der Waals surface area contributed by atoms with Crippen molar-refractivity contribution in [1.82, 2.24) is 10.4 Å². The molecule has 1 fully saturated rings. The Hall–Kier alpha value is -1.89. The van der Waals surface area contributed by atoms with Crippen LogP contribution in [0.4, 0.5) is 5.69 Å². The van der Waals surface area contributed by atoms with Crippen molar-refractivity contribution in [2.24, 2.45) is 5.92 Å². The van der Waals surface area contributed by atoms with E-state index in [4.69, 9.17) is 0 Å². The van der Waals surface area contributed by atoms with Gasteiger partial charge in [-0.1, -0.05) is 22.0 Å². The standard InChI is InChI=1S/C12H12BrN3O3/c1-16-12(19)9(11(18)15-16)6-10(17)14-8-4-2-3-7(13)5-8/h2-5,9H,6H2,1H3,(H,14,17)(H,15,18). The summed E-state index contributed by atoms with van der Waals surface area (Å²) in [7, 11) is 1.45. The zero-order valence-corrected chi connectivity index (χ0v) is 11.7. The van der Waals surface area contributed by atoms with Gasteiger partial charge in [0.15, 0.2) is 0 Å². The average molecular weight is 326 g/mol. The lowest BCUT2D eigenvalue weighted by molar-refractivity contribution is -0.134. The predicted octanol–water partition coefficient (Wildman–Crippen LogP) is 0.897. The van der Waals surface area contributed by atoms with Gasteiger partial charge in [0.05, 0.1) is 0 Å². The third-order valence-corrected chi connectivity index (χ3v) is 3.21. The largest absolute Gasteiger partial charge is 0.326 e. The van der Waals surface area contributed by atoms with E-state index in [1.54, 1.807) is 18.2 Å². The molecule has 1 aliphatic heterocycles. The molecule has 6 nitrogen and oxygen atoms in total. The van der Waals surface area contributed by atoms with Crippen LogP contribution in [0.3, 0.4) is 0 Å². The lowest BCUT2D eigenvalue weighted by Gasteiger charge is -2.08. The minimum atomic E-state index is -0.947. The molecule has 3 amide bonds. The van der Waals surface area contributed by atoms with Crippen LogP contribution in [-0.4, -0.2) is 29.8 Å². The molecule has 1 aromatic rings. The van der Waals surface area contributed by atoms with Crippen molar-refractivity contribution in [1.29, 1.82) is 0 Å². The van der Waals surface area contributed by atoms with Gasteiger partial charge in [-0.25, -0.2) is 0 Å². The molecule has 7 heteroatoms. The third-order valence-electron chi connectivity index (χ3n) is 2.72. The molecule has 1 unspecified atom stereocenters. The summed E-state index contributed by atoms with van der Waals surface area (Å²) < 4.78 is 0.833. The number of hydrogen-bond acceptors (Lipinski definition) is 3. The number of amides is 3. The maximum atomic E-state index is 11.8. The van der Waals surface area contributed by atoms with Gasteiger partial charge in [-0.3, -0.25) is 24.8 Å². The van der Waals surface area contributed by atoms with Crippen LogP contribution in [0.15, 0.2) is 28.7 Å². The third kappa shape index (κ3) is 3.11. The summed E-state index contributed by atoms with van der Waals surface area (Å²) in [4.78, 5) is 34.9. The highest BCUT2D eigenvalue weighted by Crippen LogP contribution is 2.18. The number of hydrazine groups is 1. The van der Waals surface area contributed by atoms with Crippen LogP contribution in [-0.2, 0) is 14.4 Å². The average Bonchev–Trinajstić information content (AvgIpc) is 2.56. The molecule has 19 heavy (non-hydrogen) atoms. The van der Waals surface area contributed by atoms with E-state index < -0.39 is 17.7 Å². The monoisotopic (exact) mass is 325 g/mol. The summed E-state index contributed by atoms with van der Waals surface area (Å²) >= 11 is 3.29. The van der Waals surface area contributed by atoms with Crippen molar-refractivity contribution >= 4 is 39.3 Å². The quantitative estimate of drug-likeness (QED) is 0.810. The minimum absolute atomic E-state index is 0.165. The number of nitrogens with zero attached hydrogens (tertiary/aromatic N) is 1. The Bertz CT molecular complexity index is 547. The number of benzene rings is 1. The van der Waals surface area contributed by atoms with Crippen LogP contribution in [0.2, 0.25) is 0 Å². The van der Waals surface area contributed by atoms with Gasteiger partial charge in [0.2, 0.25) is 5.91 Å². The Morgan fingerprint density at radius 3 is 2.79 bits per heavy atom. The van der Waals surface area contributed by atoms with Crippen LogP contribution in [0.5, 0.6) is 0 Å². The van der Waals surface area contributed by atoms with E-state index >= 15 is 0 Å². The second-order valence-corrected chi connectivity index (χ2v) is 5.10. The van der Waals surface area contributed by atoms with Gasteiger partial charge in [-0.2, -0.15) is 0 Å². The molecule has 0 saturated carbocycles. The Balaban J connectivity index is 1.98. The molecular weight excluding hydrogens is 314 g/mol. The number of anilines is 1. The van der Waals surface area contributed by atoms with Gasteiger partial charge in [0.1, 0.15) is 5.92 Å². The summed E-state index contributed by atoms with van der Waals surface area (Å²) in [6.07, 6.45) is -0.165. The first kappa shape index (κ1) is 13.5. The zero-order chi connectivity index (χ0) is 14.0. The Labute approximate surface area is 118 Å². The molecule has 2 N–H and O–H groups in total. The molecule has 100 valence electrons. The number of rotatable bonds is 3. The Morgan fingerprint density at radius 1 is 1.47 bits per heavy atom. The van der Waals surface area contributed by atoms with E-state index in [2.05, 4.69) is 26.7 Å². The van der Waals surface area contributed by atoms with Crippen LogP contribution in [0.1, 0.15) is 6.42 Å². The minimum Gasteiger partial charge on any atom is -0.326 e. The second-order valence-electron chi connectivity index (χ2n) is 4.19. The lowest BCUT2D eigenvalue weighted by Crippen LogP contribution is -2.31. The fourth-order valence-electron chi connectivity index (χ4n) is 1.79. The highest BCUT2D eigenvalue weighted by Gasteiger charge is 2.38. The molecule has 0 radical (unpaired) electrons. The molecule has 0 bridgehead atoms. The van der Waals surface area contributed by atoms with Gasteiger partial charge in [0, 0.05) is 23.6 Å². The van der Waals surface area contributed by atoms with E-state index in [0.29, 0.717) is 5.69 Å². The summed E-state index contributed by atoms with van der Waals surface area (Å²) in [5.41, 5.74) is 2.96. The fourth-order valence-corrected chi connectivity index (χ4v) is 2.19. The van der Waals surface area contributed by atoms with E-state index in [-0.39, 0.29) is 12.3 Å². The number of halogens is 1. The predicted molar refractivity (Wildman–Crippen MR) is 71.8 cm³/mol. The van der Waals surface area contributed by atoms with Crippen molar-refractivity contribution in [2.75, 3.05) is 12.4 Å². The molecule has 1 atom stereocenters. The SMILES string of the molecule is CN1NC(=O)C(CC(=O)Nc2cccc(Br)c2)C1=O. The van der Waals surface area contributed by atoms with Crippen molar-refractivity contribution in [3.05, 3.63) is 28.7 Å². The van der Waals surface area contributed by atoms with E-state index in [1.165, 1.54) is 7.05 Å². The molecule has 0 spiro atoms. The summed E-state index contributed by atoms with van der Waals surface area (Å²) in [6.45, 7) is 0. The topological polar surface area (TPSA) is 78.5 Å². The first-order valence-corrected chi connectivity index (χ1v) is 6.40. The summed E-state index contributed by atoms with van der Waals surface area (Å²) in [5.74, 6) is -2.16. The summed E-state index contributed by atoms with van der Waals surface area (Å²) in [6, 6.07) is 7.07. The number of nitrogens with one attached hydrogen (secondary N) is 2. The van der Waals surface area contributed by atoms with Crippen molar-refractivity contribution in [3.63, 3.8) is 0 Å². The highest BCUT2D eigenvalue weighted by molar-refractivity contribution is 9.10. The smallest absolute Gasteiger partial charge is 0.253 e. The van der Waals surface area contributed by atoms with Gasteiger partial charge >= 0.3 is 0 Å². The van der Waals surface area contributed by atoms with Crippen LogP contribution in [0, 0.1) is 5.92 Å². The van der Waals surface area contributed by atoms with Crippen molar-refractivity contribution in [2.45, 2.75) is 6.42 Å². The van der Waals surface area contributed by atoms with Crippen LogP contribution < -0.4 is 10.7 Å². The number of carbonyl (C=O) groups is 3. The maximum absolute atomic E-state index is 11.8. The molecule has 0 aromatic heterocycles. The van der Waals surface area contributed by atoms with Crippen LogP contribution in [0.25, 0.3) is 0 Å². The molecule has 1 aromatic carbocycles. The lowest BCUT2D eigenvalue weighted by atomic mass is 10.0. The van der Waals surface area contributed by atoms with Crippen molar-refractivity contribution in [3.8, 4) is 0 Å². The van der Waals surface area contributed by atoms with E-state index in [0.717, 1.165) is 9.48 Å². The van der Waals surface area contributed by atoms with Gasteiger partial charge in [0.25, 0.3) is 11.8 Å². The van der Waals surface area contributed by atoms with Gasteiger partial charge in [-0.15, -0.1) is 0 Å². The normalized spacial score (nSPS) is 18.4.